The molecule has 1 aliphatic heterocycles. The summed E-state index contributed by atoms with van der Waals surface area (Å²) in [5, 5.41) is 0. The van der Waals surface area contributed by atoms with E-state index in [9.17, 15) is 4.79 Å². The lowest BCUT2D eigenvalue weighted by atomic mass is 9.92. The van der Waals surface area contributed by atoms with Crippen molar-refractivity contribution in [1.82, 2.24) is 9.80 Å². The van der Waals surface area contributed by atoms with E-state index in [0.717, 1.165) is 25.9 Å². The first-order valence-corrected chi connectivity index (χ1v) is 6.87. The van der Waals surface area contributed by atoms with Crippen LogP contribution in [0.25, 0.3) is 0 Å². The number of amides is 1. The first-order valence-electron chi connectivity index (χ1n) is 6.87. The molecule has 0 aromatic carbocycles. The molecular formula is C14H28N2O. The van der Waals surface area contributed by atoms with Crippen molar-refractivity contribution in [3.8, 4) is 0 Å². The van der Waals surface area contributed by atoms with E-state index in [0.29, 0.717) is 11.6 Å². The van der Waals surface area contributed by atoms with Crippen LogP contribution in [0, 0.1) is 0 Å². The second-order valence-electron chi connectivity index (χ2n) is 5.91. The number of likely N-dealkylation sites (tertiary alicyclic amines) is 1. The summed E-state index contributed by atoms with van der Waals surface area (Å²) in [6, 6.07) is 0.446. The SMILES string of the molecule is CCCC(C)(C)N1CCC(N(C)C(C)=O)CC1. The van der Waals surface area contributed by atoms with Crippen molar-refractivity contribution >= 4 is 5.91 Å². The van der Waals surface area contributed by atoms with Gasteiger partial charge < -0.3 is 4.90 Å². The van der Waals surface area contributed by atoms with Crippen LogP contribution in [-0.2, 0) is 4.79 Å². The molecule has 1 fully saturated rings. The quantitative estimate of drug-likeness (QED) is 0.754. The Labute approximate surface area is 106 Å². The molecule has 0 atom stereocenters. The van der Waals surface area contributed by atoms with Gasteiger partial charge in [0.1, 0.15) is 0 Å². The maximum atomic E-state index is 11.3. The summed E-state index contributed by atoms with van der Waals surface area (Å²) in [7, 11) is 1.93. The van der Waals surface area contributed by atoms with Gasteiger partial charge in [-0.05, 0) is 33.1 Å². The van der Waals surface area contributed by atoms with Crippen molar-refractivity contribution in [3.05, 3.63) is 0 Å². The molecule has 0 N–H and O–H groups in total. The van der Waals surface area contributed by atoms with E-state index in [1.807, 2.05) is 11.9 Å². The fraction of sp³-hybridized carbons (Fsp3) is 0.929. The van der Waals surface area contributed by atoms with Crippen molar-refractivity contribution in [2.45, 2.75) is 65.0 Å². The predicted molar refractivity (Wildman–Crippen MR) is 72.0 cm³/mol. The Hall–Kier alpha value is -0.570. The zero-order chi connectivity index (χ0) is 13.1. The molecule has 1 saturated heterocycles. The molecule has 1 rings (SSSR count). The molecule has 1 amide bonds. The number of hydrogen-bond donors (Lipinski definition) is 0. The van der Waals surface area contributed by atoms with Crippen LogP contribution in [0.5, 0.6) is 0 Å². The third-order valence-corrected chi connectivity index (χ3v) is 4.23. The highest BCUT2D eigenvalue weighted by Gasteiger charge is 2.31. The van der Waals surface area contributed by atoms with Crippen LogP contribution in [0.4, 0.5) is 0 Å². The smallest absolute Gasteiger partial charge is 0.219 e. The Morgan fingerprint density at radius 1 is 1.35 bits per heavy atom. The molecule has 17 heavy (non-hydrogen) atoms. The lowest BCUT2D eigenvalue weighted by Crippen LogP contribution is -2.52. The third kappa shape index (κ3) is 3.70. The zero-order valence-electron chi connectivity index (χ0n) is 12.1. The first kappa shape index (κ1) is 14.5. The van der Waals surface area contributed by atoms with Crippen LogP contribution < -0.4 is 0 Å². The summed E-state index contributed by atoms with van der Waals surface area (Å²) in [5.74, 6) is 0.191. The number of rotatable bonds is 4. The minimum Gasteiger partial charge on any atom is -0.343 e. The minimum absolute atomic E-state index is 0.191. The monoisotopic (exact) mass is 240 g/mol. The van der Waals surface area contributed by atoms with Gasteiger partial charge in [0.15, 0.2) is 0 Å². The van der Waals surface area contributed by atoms with Gasteiger partial charge in [-0.3, -0.25) is 9.69 Å². The van der Waals surface area contributed by atoms with E-state index >= 15 is 0 Å². The lowest BCUT2D eigenvalue weighted by Gasteiger charge is -2.44. The maximum absolute atomic E-state index is 11.3. The molecule has 0 saturated carbocycles. The van der Waals surface area contributed by atoms with Crippen LogP contribution >= 0.6 is 0 Å². The zero-order valence-corrected chi connectivity index (χ0v) is 12.1. The standard InChI is InChI=1S/C14H28N2O/c1-6-9-14(3,4)16-10-7-13(8-11-16)15(5)12(2)17/h13H,6-11H2,1-5H3. The molecule has 1 heterocycles. The molecule has 1 aliphatic rings. The lowest BCUT2D eigenvalue weighted by molar-refractivity contribution is -0.130. The number of carbonyl (C=O) groups is 1. The third-order valence-electron chi connectivity index (χ3n) is 4.23. The molecular weight excluding hydrogens is 212 g/mol. The molecule has 0 unspecified atom stereocenters. The number of piperidine rings is 1. The van der Waals surface area contributed by atoms with Crippen molar-refractivity contribution < 1.29 is 4.79 Å². The van der Waals surface area contributed by atoms with E-state index in [-0.39, 0.29) is 5.91 Å². The highest BCUT2D eigenvalue weighted by Crippen LogP contribution is 2.26. The molecule has 100 valence electrons. The molecule has 0 radical (unpaired) electrons. The summed E-state index contributed by atoms with van der Waals surface area (Å²) in [5.41, 5.74) is 0.314. The minimum atomic E-state index is 0.191. The second kappa shape index (κ2) is 5.85. The normalized spacial score (nSPS) is 19.4. The van der Waals surface area contributed by atoms with Crippen molar-refractivity contribution in [2.75, 3.05) is 20.1 Å². The van der Waals surface area contributed by atoms with Gasteiger partial charge >= 0.3 is 0 Å². The van der Waals surface area contributed by atoms with Crippen LogP contribution in [0.1, 0.15) is 53.4 Å². The Morgan fingerprint density at radius 2 is 1.88 bits per heavy atom. The van der Waals surface area contributed by atoms with Crippen molar-refractivity contribution in [3.63, 3.8) is 0 Å². The number of hydrogen-bond acceptors (Lipinski definition) is 2. The molecule has 0 aliphatic carbocycles. The molecule has 3 nitrogen and oxygen atoms in total. The molecule has 0 aromatic rings. The largest absolute Gasteiger partial charge is 0.343 e. The van der Waals surface area contributed by atoms with Crippen LogP contribution in [0.2, 0.25) is 0 Å². The topological polar surface area (TPSA) is 23.6 Å². The number of carbonyl (C=O) groups excluding carboxylic acids is 1. The first-order chi connectivity index (χ1) is 7.88. The van der Waals surface area contributed by atoms with E-state index in [1.165, 1.54) is 12.8 Å². The summed E-state index contributed by atoms with van der Waals surface area (Å²) < 4.78 is 0. The summed E-state index contributed by atoms with van der Waals surface area (Å²) in [6.45, 7) is 10.8. The fourth-order valence-electron chi connectivity index (χ4n) is 2.89. The molecule has 0 bridgehead atoms. The average molecular weight is 240 g/mol. The van der Waals surface area contributed by atoms with Gasteiger partial charge in [0, 0.05) is 38.6 Å². The highest BCUT2D eigenvalue weighted by molar-refractivity contribution is 5.73. The van der Waals surface area contributed by atoms with Crippen LogP contribution in [0.3, 0.4) is 0 Å². The van der Waals surface area contributed by atoms with E-state index in [4.69, 9.17) is 0 Å². The Bertz CT molecular complexity index is 255. The van der Waals surface area contributed by atoms with Gasteiger partial charge in [0.2, 0.25) is 5.91 Å². The van der Waals surface area contributed by atoms with Crippen molar-refractivity contribution in [1.29, 1.82) is 0 Å². The van der Waals surface area contributed by atoms with E-state index in [2.05, 4.69) is 25.7 Å². The maximum Gasteiger partial charge on any atom is 0.219 e. The van der Waals surface area contributed by atoms with Gasteiger partial charge in [-0.25, -0.2) is 0 Å². The second-order valence-corrected chi connectivity index (χ2v) is 5.91. The van der Waals surface area contributed by atoms with Gasteiger partial charge in [-0.2, -0.15) is 0 Å². The Balaban J connectivity index is 2.48. The highest BCUT2D eigenvalue weighted by atomic mass is 16.2. The van der Waals surface area contributed by atoms with E-state index < -0.39 is 0 Å². The number of nitrogens with zero attached hydrogens (tertiary/aromatic N) is 2. The van der Waals surface area contributed by atoms with E-state index in [1.54, 1.807) is 6.92 Å². The van der Waals surface area contributed by atoms with Crippen LogP contribution in [-0.4, -0.2) is 47.4 Å². The van der Waals surface area contributed by atoms with Gasteiger partial charge in [0.25, 0.3) is 0 Å². The van der Waals surface area contributed by atoms with Gasteiger partial charge in [-0.1, -0.05) is 13.3 Å². The Morgan fingerprint density at radius 3 is 2.29 bits per heavy atom. The molecule has 0 aromatic heterocycles. The summed E-state index contributed by atoms with van der Waals surface area (Å²) in [4.78, 5) is 15.8. The van der Waals surface area contributed by atoms with Gasteiger partial charge in [-0.15, -0.1) is 0 Å². The molecule has 0 spiro atoms. The van der Waals surface area contributed by atoms with Crippen LogP contribution in [0.15, 0.2) is 0 Å². The summed E-state index contributed by atoms with van der Waals surface area (Å²) >= 11 is 0. The fourth-order valence-corrected chi connectivity index (χ4v) is 2.89. The molecule has 3 heteroatoms. The van der Waals surface area contributed by atoms with Crippen molar-refractivity contribution in [2.24, 2.45) is 0 Å². The van der Waals surface area contributed by atoms with Gasteiger partial charge in [0.05, 0.1) is 0 Å². The Kier molecular flexibility index (Phi) is 4.99. The predicted octanol–water partition coefficient (Wildman–Crippen LogP) is 2.51. The average Bonchev–Trinajstić information content (AvgIpc) is 2.28. The summed E-state index contributed by atoms with van der Waals surface area (Å²) in [6.07, 6.45) is 4.72.